The van der Waals surface area contributed by atoms with E-state index in [2.05, 4.69) is 29.0 Å². The summed E-state index contributed by atoms with van der Waals surface area (Å²) in [6, 6.07) is 3.17. The van der Waals surface area contributed by atoms with Crippen LogP contribution in [0.2, 0.25) is 0 Å². The van der Waals surface area contributed by atoms with Crippen molar-refractivity contribution in [1.82, 2.24) is 10.2 Å². The molecule has 0 aromatic rings. The maximum atomic E-state index is 6.19. The van der Waals surface area contributed by atoms with Crippen molar-refractivity contribution >= 4 is 11.8 Å². The molecule has 0 saturated carbocycles. The zero-order valence-corrected chi connectivity index (χ0v) is 13.5. The van der Waals surface area contributed by atoms with Gasteiger partial charge in [0, 0.05) is 36.5 Å². The van der Waals surface area contributed by atoms with Crippen molar-refractivity contribution < 1.29 is 4.74 Å². The summed E-state index contributed by atoms with van der Waals surface area (Å²) in [6.45, 7) is 0.980. The molecule has 4 aliphatic rings. The highest BCUT2D eigenvalue weighted by Crippen LogP contribution is 2.40. The summed E-state index contributed by atoms with van der Waals surface area (Å²) in [5.74, 6) is 2.53. The van der Waals surface area contributed by atoms with Crippen molar-refractivity contribution in [3.05, 3.63) is 0 Å². The van der Waals surface area contributed by atoms with E-state index in [1.165, 1.54) is 56.5 Å². The fourth-order valence-electron chi connectivity index (χ4n) is 4.87. The largest absolute Gasteiger partial charge is 0.374 e. The van der Waals surface area contributed by atoms with E-state index in [4.69, 9.17) is 4.74 Å². The van der Waals surface area contributed by atoms with Crippen molar-refractivity contribution in [3.63, 3.8) is 0 Å². The molecule has 1 N–H and O–H groups in total. The number of hydrogen-bond donors (Lipinski definition) is 1. The molecule has 1 spiro atoms. The molecule has 4 rings (SSSR count). The number of hydrogen-bond acceptors (Lipinski definition) is 4. The molecule has 0 aliphatic carbocycles. The van der Waals surface area contributed by atoms with Gasteiger partial charge in [0.25, 0.3) is 0 Å². The Bertz CT molecular complexity index is 346. The van der Waals surface area contributed by atoms with Crippen molar-refractivity contribution in [2.45, 2.75) is 74.7 Å². The lowest BCUT2D eigenvalue weighted by Crippen LogP contribution is -2.54. The van der Waals surface area contributed by atoms with Crippen molar-refractivity contribution in [3.8, 4) is 0 Å². The minimum Gasteiger partial charge on any atom is -0.374 e. The van der Waals surface area contributed by atoms with Crippen molar-refractivity contribution in [2.75, 3.05) is 25.2 Å². The average molecular weight is 296 g/mol. The first kappa shape index (κ1) is 13.9. The highest BCUT2D eigenvalue weighted by Gasteiger charge is 2.43. The van der Waals surface area contributed by atoms with Crippen LogP contribution in [-0.4, -0.2) is 59.8 Å². The highest BCUT2D eigenvalue weighted by atomic mass is 32.2. The van der Waals surface area contributed by atoms with Crippen LogP contribution in [-0.2, 0) is 4.74 Å². The number of fused-ring (bicyclic) bond motifs is 2. The number of nitrogens with zero attached hydrogens (tertiary/aromatic N) is 1. The number of rotatable bonds is 2. The fraction of sp³-hybridized carbons (Fsp3) is 1.00. The Hall–Kier alpha value is 0.230. The summed E-state index contributed by atoms with van der Waals surface area (Å²) in [7, 11) is 2.39. The van der Waals surface area contributed by atoms with Gasteiger partial charge in [-0.2, -0.15) is 11.8 Å². The maximum Gasteiger partial charge on any atom is 0.0795 e. The van der Waals surface area contributed by atoms with Crippen molar-refractivity contribution in [2.24, 2.45) is 0 Å². The molecule has 0 amide bonds. The summed E-state index contributed by atoms with van der Waals surface area (Å²) < 4.78 is 6.19. The SMILES string of the molecule is CN(C1CC2CCC(C1)N2)C1CCOC2(CCSC2)C1. The van der Waals surface area contributed by atoms with E-state index in [0.29, 0.717) is 0 Å². The summed E-state index contributed by atoms with van der Waals surface area (Å²) >= 11 is 2.09. The van der Waals surface area contributed by atoms with Gasteiger partial charge in [-0.15, -0.1) is 0 Å². The van der Waals surface area contributed by atoms with Crippen LogP contribution in [0.4, 0.5) is 0 Å². The molecular formula is C16H28N2OS. The number of nitrogens with one attached hydrogen (secondary N) is 1. The van der Waals surface area contributed by atoms with Crippen LogP contribution in [0, 0.1) is 0 Å². The molecule has 0 aromatic heterocycles. The summed E-state index contributed by atoms with van der Waals surface area (Å²) in [5.41, 5.74) is 0.230. The second-order valence-corrected chi connectivity index (χ2v) is 8.51. The Balaban J connectivity index is 1.41. The van der Waals surface area contributed by atoms with Gasteiger partial charge in [0.1, 0.15) is 0 Å². The molecule has 3 nitrogen and oxygen atoms in total. The Labute approximate surface area is 127 Å². The van der Waals surface area contributed by atoms with E-state index in [-0.39, 0.29) is 5.60 Å². The third kappa shape index (κ3) is 2.53. The van der Waals surface area contributed by atoms with Gasteiger partial charge in [0.05, 0.1) is 5.60 Å². The van der Waals surface area contributed by atoms with Crippen LogP contribution in [0.5, 0.6) is 0 Å². The highest BCUT2D eigenvalue weighted by molar-refractivity contribution is 7.99. The van der Waals surface area contributed by atoms with Gasteiger partial charge in [-0.1, -0.05) is 0 Å². The van der Waals surface area contributed by atoms with Crippen LogP contribution < -0.4 is 5.32 Å². The second kappa shape index (κ2) is 5.45. The molecule has 4 saturated heterocycles. The Morgan fingerprint density at radius 3 is 2.65 bits per heavy atom. The van der Waals surface area contributed by atoms with Crippen LogP contribution in [0.25, 0.3) is 0 Å². The van der Waals surface area contributed by atoms with Gasteiger partial charge in [-0.25, -0.2) is 0 Å². The molecule has 4 heterocycles. The zero-order valence-electron chi connectivity index (χ0n) is 12.6. The maximum absolute atomic E-state index is 6.19. The van der Waals surface area contributed by atoms with Crippen LogP contribution in [0.3, 0.4) is 0 Å². The lowest BCUT2D eigenvalue weighted by Gasteiger charge is -2.45. The molecular weight excluding hydrogens is 268 g/mol. The minimum atomic E-state index is 0.230. The number of thioether (sulfide) groups is 1. The average Bonchev–Trinajstić information content (AvgIpc) is 3.05. The quantitative estimate of drug-likeness (QED) is 0.845. The van der Waals surface area contributed by atoms with Gasteiger partial charge in [0.2, 0.25) is 0 Å². The van der Waals surface area contributed by atoms with Gasteiger partial charge in [-0.3, -0.25) is 0 Å². The molecule has 4 atom stereocenters. The normalized spacial score (nSPS) is 48.3. The predicted molar refractivity (Wildman–Crippen MR) is 84.4 cm³/mol. The summed E-state index contributed by atoms with van der Waals surface area (Å²) in [5, 5.41) is 3.77. The molecule has 0 radical (unpaired) electrons. The Kier molecular flexibility index (Phi) is 3.78. The van der Waals surface area contributed by atoms with Crippen LogP contribution in [0.15, 0.2) is 0 Å². The lowest BCUT2D eigenvalue weighted by atomic mass is 9.87. The summed E-state index contributed by atoms with van der Waals surface area (Å²) in [6.07, 6.45) is 9.34. The molecule has 4 unspecified atom stereocenters. The first-order chi connectivity index (χ1) is 9.74. The molecule has 20 heavy (non-hydrogen) atoms. The van der Waals surface area contributed by atoms with E-state index in [1.807, 2.05) is 0 Å². The predicted octanol–water partition coefficient (Wildman–Crippen LogP) is 2.26. The third-order valence-corrected chi connectivity index (χ3v) is 7.36. The van der Waals surface area contributed by atoms with E-state index in [9.17, 15) is 0 Å². The van der Waals surface area contributed by atoms with Gasteiger partial charge >= 0.3 is 0 Å². The topological polar surface area (TPSA) is 24.5 Å². The van der Waals surface area contributed by atoms with E-state index in [0.717, 1.165) is 30.8 Å². The second-order valence-electron chi connectivity index (χ2n) is 7.41. The number of piperidine rings is 1. The van der Waals surface area contributed by atoms with Gasteiger partial charge < -0.3 is 15.0 Å². The van der Waals surface area contributed by atoms with E-state index < -0.39 is 0 Å². The first-order valence-corrected chi connectivity index (χ1v) is 9.59. The molecule has 2 bridgehead atoms. The van der Waals surface area contributed by atoms with E-state index >= 15 is 0 Å². The lowest BCUT2D eigenvalue weighted by molar-refractivity contribution is -0.0931. The number of ether oxygens (including phenoxy) is 1. The van der Waals surface area contributed by atoms with Crippen LogP contribution in [0.1, 0.15) is 44.9 Å². The fourth-order valence-corrected chi connectivity index (χ4v) is 6.25. The van der Waals surface area contributed by atoms with Gasteiger partial charge in [-0.05, 0) is 57.7 Å². The third-order valence-electron chi connectivity index (χ3n) is 6.13. The van der Waals surface area contributed by atoms with E-state index in [1.54, 1.807) is 0 Å². The molecule has 4 heteroatoms. The molecule has 114 valence electrons. The van der Waals surface area contributed by atoms with Crippen molar-refractivity contribution in [1.29, 1.82) is 0 Å². The zero-order chi connectivity index (χ0) is 13.6. The molecule has 4 aliphatic heterocycles. The van der Waals surface area contributed by atoms with Crippen LogP contribution >= 0.6 is 11.8 Å². The molecule has 0 aromatic carbocycles. The Morgan fingerprint density at radius 1 is 1.15 bits per heavy atom. The summed E-state index contributed by atoms with van der Waals surface area (Å²) in [4.78, 5) is 2.74. The van der Waals surface area contributed by atoms with Gasteiger partial charge in [0.15, 0.2) is 0 Å². The first-order valence-electron chi connectivity index (χ1n) is 8.44. The Morgan fingerprint density at radius 2 is 1.95 bits per heavy atom. The monoisotopic (exact) mass is 296 g/mol. The molecule has 4 fully saturated rings. The smallest absolute Gasteiger partial charge is 0.0795 e. The minimum absolute atomic E-state index is 0.230. The standard InChI is InChI=1S/C16H28N2OS/c1-18(15-8-12-2-3-13(9-15)17-12)14-4-6-19-16(10-14)5-7-20-11-16/h12-15,17H,2-11H2,1H3.